The second kappa shape index (κ2) is 7.74. The van der Waals surface area contributed by atoms with Gasteiger partial charge in [0.25, 0.3) is 0 Å². The van der Waals surface area contributed by atoms with Gasteiger partial charge in [-0.2, -0.15) is 0 Å². The van der Waals surface area contributed by atoms with E-state index >= 15 is 0 Å². The van der Waals surface area contributed by atoms with Crippen molar-refractivity contribution < 1.29 is 4.84 Å². The van der Waals surface area contributed by atoms with Crippen molar-refractivity contribution in [2.45, 2.75) is 0 Å². The minimum absolute atomic E-state index is 0.764. The van der Waals surface area contributed by atoms with Gasteiger partial charge in [-0.15, -0.1) is 0 Å². The number of benzene rings is 2. The lowest BCUT2D eigenvalue weighted by Crippen LogP contribution is -1.88. The third-order valence-corrected chi connectivity index (χ3v) is 2.69. The van der Waals surface area contributed by atoms with E-state index in [2.05, 4.69) is 5.16 Å². The Kier molecular flexibility index (Phi) is 5.35. The molecule has 0 aliphatic carbocycles. The Hall–Kier alpha value is -2.61. The van der Waals surface area contributed by atoms with E-state index in [-0.39, 0.29) is 0 Å². The minimum atomic E-state index is 0.764. The third kappa shape index (κ3) is 4.58. The summed E-state index contributed by atoms with van der Waals surface area (Å²) in [5.41, 5.74) is 3.02. The number of oxime groups is 1. The fourth-order valence-corrected chi connectivity index (χ4v) is 1.71. The van der Waals surface area contributed by atoms with Crippen molar-refractivity contribution in [3.05, 3.63) is 83.9 Å². The van der Waals surface area contributed by atoms with E-state index < -0.39 is 0 Å². The summed E-state index contributed by atoms with van der Waals surface area (Å²) in [5.74, 6) is 0. The molecule has 0 aliphatic heterocycles. The molecule has 2 heteroatoms. The normalized spacial score (nSPS) is 12.2. The molecule has 0 heterocycles. The van der Waals surface area contributed by atoms with Gasteiger partial charge in [-0.05, 0) is 23.3 Å². The predicted octanol–water partition coefficient (Wildman–Crippen LogP) is 4.42. The zero-order valence-electron chi connectivity index (χ0n) is 11.4. The van der Waals surface area contributed by atoms with E-state index in [4.69, 9.17) is 4.84 Å². The quantitative estimate of drug-likeness (QED) is 0.578. The summed E-state index contributed by atoms with van der Waals surface area (Å²) in [7, 11) is 1.55. The molecule has 0 fully saturated rings. The highest BCUT2D eigenvalue weighted by molar-refractivity contribution is 6.08. The molecule has 2 nitrogen and oxygen atoms in total. The zero-order chi connectivity index (χ0) is 14.0. The summed E-state index contributed by atoms with van der Waals surface area (Å²) in [4.78, 5) is 4.87. The summed E-state index contributed by atoms with van der Waals surface area (Å²) < 4.78 is 0. The van der Waals surface area contributed by atoms with Gasteiger partial charge in [0.1, 0.15) is 12.8 Å². The molecule has 0 atom stereocenters. The van der Waals surface area contributed by atoms with Gasteiger partial charge >= 0.3 is 0 Å². The van der Waals surface area contributed by atoms with E-state index in [0.717, 1.165) is 16.8 Å². The number of hydrogen-bond donors (Lipinski definition) is 0. The molecule has 0 spiro atoms. The second-order valence-electron chi connectivity index (χ2n) is 4.19. The van der Waals surface area contributed by atoms with Crippen LogP contribution in [0.5, 0.6) is 0 Å². The Labute approximate surface area is 119 Å². The van der Waals surface area contributed by atoms with E-state index in [9.17, 15) is 0 Å². The molecule has 0 saturated carbocycles. The monoisotopic (exact) mass is 263 g/mol. The maximum Gasteiger partial charge on any atom is 0.106 e. The van der Waals surface area contributed by atoms with Crippen LogP contribution in [0.1, 0.15) is 11.1 Å². The van der Waals surface area contributed by atoms with Crippen LogP contribution in [0, 0.1) is 0 Å². The summed E-state index contributed by atoms with van der Waals surface area (Å²) >= 11 is 0. The Bertz CT molecular complexity index is 546. The molecule has 0 bridgehead atoms. The van der Waals surface area contributed by atoms with Gasteiger partial charge in [-0.1, -0.05) is 78.0 Å². The highest BCUT2D eigenvalue weighted by atomic mass is 16.6. The molecule has 20 heavy (non-hydrogen) atoms. The first-order valence-corrected chi connectivity index (χ1v) is 6.46. The SMILES string of the molecule is CON=C(C=Cc1ccccc1)/C=C/c1ccccc1. The van der Waals surface area contributed by atoms with Gasteiger partial charge in [0.2, 0.25) is 0 Å². The lowest BCUT2D eigenvalue weighted by molar-refractivity contribution is 0.214. The number of hydrogen-bond acceptors (Lipinski definition) is 2. The first-order chi connectivity index (χ1) is 9.88. The number of rotatable bonds is 5. The molecule has 0 aromatic heterocycles. The van der Waals surface area contributed by atoms with Crippen molar-refractivity contribution >= 4 is 17.9 Å². The molecular weight excluding hydrogens is 246 g/mol. The van der Waals surface area contributed by atoms with Crippen LogP contribution in [0.3, 0.4) is 0 Å². The average molecular weight is 263 g/mol. The molecule has 0 N–H and O–H groups in total. The lowest BCUT2D eigenvalue weighted by Gasteiger charge is -1.95. The van der Waals surface area contributed by atoms with Crippen LogP contribution < -0.4 is 0 Å². The third-order valence-electron chi connectivity index (χ3n) is 2.69. The minimum Gasteiger partial charge on any atom is -0.399 e. The van der Waals surface area contributed by atoms with Gasteiger partial charge < -0.3 is 4.84 Å². The Morgan fingerprint density at radius 2 is 1.25 bits per heavy atom. The molecule has 2 rings (SSSR count). The summed E-state index contributed by atoms with van der Waals surface area (Å²) in [6, 6.07) is 20.2. The molecular formula is C18H17NO. The molecule has 100 valence electrons. The molecule has 0 saturated heterocycles. The second-order valence-corrected chi connectivity index (χ2v) is 4.19. The van der Waals surface area contributed by atoms with Crippen molar-refractivity contribution in [2.75, 3.05) is 7.11 Å². The van der Waals surface area contributed by atoms with Crippen molar-refractivity contribution in [2.24, 2.45) is 5.16 Å². The van der Waals surface area contributed by atoms with Crippen LogP contribution in [0.4, 0.5) is 0 Å². The number of nitrogens with zero attached hydrogens (tertiary/aromatic N) is 1. The largest absolute Gasteiger partial charge is 0.399 e. The van der Waals surface area contributed by atoms with E-state index in [1.165, 1.54) is 0 Å². The highest BCUT2D eigenvalue weighted by Gasteiger charge is 1.91. The molecule has 0 aliphatic rings. The first kappa shape index (κ1) is 13.8. The van der Waals surface area contributed by atoms with E-state index in [1.54, 1.807) is 7.11 Å². The van der Waals surface area contributed by atoms with Crippen LogP contribution in [0.2, 0.25) is 0 Å². The summed E-state index contributed by atoms with van der Waals surface area (Å²) in [5, 5.41) is 4.00. The van der Waals surface area contributed by atoms with Gasteiger partial charge in [-0.25, -0.2) is 0 Å². The van der Waals surface area contributed by atoms with Crippen molar-refractivity contribution in [1.82, 2.24) is 0 Å². The average Bonchev–Trinajstić information content (AvgIpc) is 2.52. The summed E-state index contributed by atoms with van der Waals surface area (Å²) in [6.07, 6.45) is 7.87. The Morgan fingerprint density at radius 1 is 0.800 bits per heavy atom. The maximum absolute atomic E-state index is 4.87. The molecule has 0 radical (unpaired) electrons. The summed E-state index contributed by atoms with van der Waals surface area (Å²) in [6.45, 7) is 0. The Balaban J connectivity index is 2.10. The van der Waals surface area contributed by atoms with Crippen LogP contribution in [0.25, 0.3) is 12.2 Å². The molecule has 0 unspecified atom stereocenters. The zero-order valence-corrected chi connectivity index (χ0v) is 11.4. The molecule has 2 aromatic rings. The highest BCUT2D eigenvalue weighted by Crippen LogP contribution is 2.04. The molecule has 0 amide bonds. The fraction of sp³-hybridized carbons (Fsp3) is 0.0556. The fourth-order valence-electron chi connectivity index (χ4n) is 1.71. The van der Waals surface area contributed by atoms with Crippen molar-refractivity contribution in [3.8, 4) is 0 Å². The van der Waals surface area contributed by atoms with Gasteiger partial charge in [0.15, 0.2) is 0 Å². The maximum atomic E-state index is 4.87. The van der Waals surface area contributed by atoms with Gasteiger partial charge in [-0.3, -0.25) is 0 Å². The van der Waals surface area contributed by atoms with E-state index in [0.29, 0.717) is 0 Å². The van der Waals surface area contributed by atoms with Crippen LogP contribution in [-0.4, -0.2) is 12.8 Å². The predicted molar refractivity (Wildman–Crippen MR) is 85.4 cm³/mol. The van der Waals surface area contributed by atoms with Gasteiger partial charge in [0.05, 0.1) is 0 Å². The smallest absolute Gasteiger partial charge is 0.106 e. The molecule has 2 aromatic carbocycles. The van der Waals surface area contributed by atoms with Crippen LogP contribution in [0.15, 0.2) is 78.0 Å². The van der Waals surface area contributed by atoms with Crippen LogP contribution >= 0.6 is 0 Å². The van der Waals surface area contributed by atoms with Crippen LogP contribution in [-0.2, 0) is 4.84 Å². The van der Waals surface area contributed by atoms with Gasteiger partial charge in [0, 0.05) is 0 Å². The number of allylic oxidation sites excluding steroid dienone is 2. The van der Waals surface area contributed by atoms with E-state index in [1.807, 2.05) is 85.0 Å². The van der Waals surface area contributed by atoms with Crippen molar-refractivity contribution in [3.63, 3.8) is 0 Å². The lowest BCUT2D eigenvalue weighted by atomic mass is 10.1. The standard InChI is InChI=1S/C18H17NO/c1-20-19-18(14-12-16-8-4-2-5-9-16)15-13-17-10-6-3-7-11-17/h2-15H,1H3/b14-12+,15-13?,19-18?. The Morgan fingerprint density at radius 3 is 1.65 bits per heavy atom. The first-order valence-electron chi connectivity index (χ1n) is 6.46. The van der Waals surface area contributed by atoms with Crippen molar-refractivity contribution in [1.29, 1.82) is 0 Å². The topological polar surface area (TPSA) is 21.6 Å².